The molecule has 0 radical (unpaired) electrons. The fourth-order valence-corrected chi connectivity index (χ4v) is 1.53. The van der Waals surface area contributed by atoms with Gasteiger partial charge in [0.1, 0.15) is 5.75 Å². The zero-order valence-corrected chi connectivity index (χ0v) is 12.6. The van der Waals surface area contributed by atoms with Gasteiger partial charge in [0.15, 0.2) is 6.10 Å². The number of esters is 1. The molecule has 0 heterocycles. The Kier molecular flexibility index (Phi) is 6.88. The molecular formula is C15H20N2O5. The summed E-state index contributed by atoms with van der Waals surface area (Å²) in [6.45, 7) is 4.03. The molecule has 1 rings (SSSR count). The van der Waals surface area contributed by atoms with Crippen molar-refractivity contribution >= 4 is 17.9 Å². The molecule has 0 spiro atoms. The molecule has 0 saturated carbocycles. The first-order valence-electron chi connectivity index (χ1n) is 6.98. The van der Waals surface area contributed by atoms with Crippen LogP contribution in [-0.2, 0) is 9.53 Å². The highest BCUT2D eigenvalue weighted by Crippen LogP contribution is 2.14. The minimum absolute atomic E-state index is 0.279. The molecule has 1 unspecified atom stereocenters. The van der Waals surface area contributed by atoms with Crippen LogP contribution >= 0.6 is 0 Å². The Hall–Kier alpha value is -2.57. The van der Waals surface area contributed by atoms with E-state index in [2.05, 4.69) is 6.92 Å². The first-order chi connectivity index (χ1) is 10.4. The Morgan fingerprint density at radius 2 is 1.86 bits per heavy atom. The second kappa shape index (κ2) is 8.66. The SMILES string of the molecule is CCCCOc1ccc(C(=O)OC(C)C(=O)NC(N)=O)cc1. The van der Waals surface area contributed by atoms with Gasteiger partial charge in [0, 0.05) is 0 Å². The first-order valence-corrected chi connectivity index (χ1v) is 6.98. The summed E-state index contributed by atoms with van der Waals surface area (Å²) in [5.74, 6) is -0.794. The molecule has 3 amide bonds. The van der Waals surface area contributed by atoms with Crippen molar-refractivity contribution in [2.24, 2.45) is 5.73 Å². The lowest BCUT2D eigenvalue weighted by Crippen LogP contribution is -2.42. The molecule has 0 aliphatic heterocycles. The molecule has 0 bridgehead atoms. The largest absolute Gasteiger partial charge is 0.494 e. The number of hydrogen-bond acceptors (Lipinski definition) is 5. The maximum Gasteiger partial charge on any atom is 0.338 e. The van der Waals surface area contributed by atoms with Gasteiger partial charge in [-0.1, -0.05) is 13.3 Å². The van der Waals surface area contributed by atoms with E-state index >= 15 is 0 Å². The van der Waals surface area contributed by atoms with Gasteiger partial charge in [0.2, 0.25) is 0 Å². The fraction of sp³-hybridized carbons (Fsp3) is 0.400. The zero-order valence-electron chi connectivity index (χ0n) is 12.6. The molecule has 3 N–H and O–H groups in total. The number of rotatable bonds is 7. The molecule has 0 aromatic heterocycles. The van der Waals surface area contributed by atoms with Crippen molar-refractivity contribution in [2.45, 2.75) is 32.8 Å². The summed E-state index contributed by atoms with van der Waals surface area (Å²) in [7, 11) is 0. The zero-order chi connectivity index (χ0) is 16.5. The number of carbonyl (C=O) groups excluding carboxylic acids is 3. The molecule has 7 nitrogen and oxygen atoms in total. The maximum atomic E-state index is 11.9. The number of hydrogen-bond donors (Lipinski definition) is 2. The van der Waals surface area contributed by atoms with E-state index in [4.69, 9.17) is 15.2 Å². The van der Waals surface area contributed by atoms with Crippen molar-refractivity contribution in [2.75, 3.05) is 6.61 Å². The van der Waals surface area contributed by atoms with Crippen molar-refractivity contribution < 1.29 is 23.9 Å². The Morgan fingerprint density at radius 3 is 2.41 bits per heavy atom. The summed E-state index contributed by atoms with van der Waals surface area (Å²) < 4.78 is 10.4. The number of imide groups is 1. The van der Waals surface area contributed by atoms with Crippen molar-refractivity contribution in [1.82, 2.24) is 5.32 Å². The van der Waals surface area contributed by atoms with Crippen LogP contribution in [0.2, 0.25) is 0 Å². The van der Waals surface area contributed by atoms with Crippen LogP contribution in [0.25, 0.3) is 0 Å². The second-order valence-corrected chi connectivity index (χ2v) is 4.63. The van der Waals surface area contributed by atoms with Gasteiger partial charge in [-0.15, -0.1) is 0 Å². The molecule has 22 heavy (non-hydrogen) atoms. The molecule has 0 fully saturated rings. The molecule has 1 atom stereocenters. The quantitative estimate of drug-likeness (QED) is 0.587. The average molecular weight is 308 g/mol. The van der Waals surface area contributed by atoms with Crippen LogP contribution in [0.3, 0.4) is 0 Å². The first kappa shape index (κ1) is 17.5. The van der Waals surface area contributed by atoms with Gasteiger partial charge in [0.05, 0.1) is 12.2 Å². The molecular weight excluding hydrogens is 288 g/mol. The summed E-state index contributed by atoms with van der Waals surface area (Å²) in [5.41, 5.74) is 5.09. The number of primary amides is 1. The van der Waals surface area contributed by atoms with Crippen LogP contribution in [0, 0.1) is 0 Å². The molecule has 0 aliphatic rings. The number of nitrogens with one attached hydrogen (secondary N) is 1. The third kappa shape index (κ3) is 5.82. The van der Waals surface area contributed by atoms with Gasteiger partial charge in [-0.3, -0.25) is 10.1 Å². The van der Waals surface area contributed by atoms with Crippen LogP contribution in [0.15, 0.2) is 24.3 Å². The average Bonchev–Trinajstić information content (AvgIpc) is 2.47. The third-order valence-corrected chi connectivity index (χ3v) is 2.76. The Labute approximate surface area is 128 Å². The number of carbonyl (C=O) groups is 3. The van der Waals surface area contributed by atoms with Gasteiger partial charge < -0.3 is 15.2 Å². The van der Waals surface area contributed by atoms with E-state index in [1.165, 1.54) is 6.92 Å². The maximum absolute atomic E-state index is 11.9. The van der Waals surface area contributed by atoms with Crippen LogP contribution in [-0.4, -0.2) is 30.6 Å². The number of nitrogens with two attached hydrogens (primary N) is 1. The molecule has 0 aliphatic carbocycles. The van der Waals surface area contributed by atoms with E-state index in [9.17, 15) is 14.4 Å². The fourth-order valence-electron chi connectivity index (χ4n) is 1.53. The number of benzene rings is 1. The highest BCUT2D eigenvalue weighted by atomic mass is 16.5. The monoisotopic (exact) mass is 308 g/mol. The van der Waals surface area contributed by atoms with E-state index in [0.717, 1.165) is 12.8 Å². The number of unbranched alkanes of at least 4 members (excludes halogenated alkanes) is 1. The molecule has 1 aromatic rings. The standard InChI is InChI=1S/C15H20N2O5/c1-3-4-9-21-12-7-5-11(6-8-12)14(19)22-10(2)13(18)17-15(16)20/h5-8,10H,3-4,9H2,1-2H3,(H3,16,17,18,20). The van der Waals surface area contributed by atoms with E-state index in [-0.39, 0.29) is 5.56 Å². The van der Waals surface area contributed by atoms with Crippen molar-refractivity contribution in [3.63, 3.8) is 0 Å². The molecule has 7 heteroatoms. The normalized spacial score (nSPS) is 11.4. The lowest BCUT2D eigenvalue weighted by molar-refractivity contribution is -0.127. The molecule has 0 saturated heterocycles. The number of urea groups is 1. The highest BCUT2D eigenvalue weighted by Gasteiger charge is 2.19. The lowest BCUT2D eigenvalue weighted by Gasteiger charge is -2.12. The van der Waals surface area contributed by atoms with Crippen LogP contribution in [0.4, 0.5) is 4.79 Å². The van der Waals surface area contributed by atoms with Gasteiger partial charge in [-0.2, -0.15) is 0 Å². The number of ether oxygens (including phenoxy) is 2. The van der Waals surface area contributed by atoms with Crippen LogP contribution < -0.4 is 15.8 Å². The Bertz CT molecular complexity index is 527. The lowest BCUT2D eigenvalue weighted by atomic mass is 10.2. The van der Waals surface area contributed by atoms with Crippen LogP contribution in [0.5, 0.6) is 5.75 Å². The molecule has 120 valence electrons. The summed E-state index contributed by atoms with van der Waals surface area (Å²) >= 11 is 0. The minimum Gasteiger partial charge on any atom is -0.494 e. The summed E-state index contributed by atoms with van der Waals surface area (Å²) in [6, 6.07) is 5.40. The van der Waals surface area contributed by atoms with E-state index < -0.39 is 24.0 Å². The minimum atomic E-state index is -1.12. The number of amides is 3. The Morgan fingerprint density at radius 1 is 1.23 bits per heavy atom. The van der Waals surface area contributed by atoms with Gasteiger partial charge in [0.25, 0.3) is 5.91 Å². The van der Waals surface area contributed by atoms with Crippen molar-refractivity contribution in [3.8, 4) is 5.75 Å². The second-order valence-electron chi connectivity index (χ2n) is 4.63. The smallest absolute Gasteiger partial charge is 0.338 e. The predicted molar refractivity (Wildman–Crippen MR) is 79.4 cm³/mol. The van der Waals surface area contributed by atoms with E-state index in [0.29, 0.717) is 12.4 Å². The summed E-state index contributed by atoms with van der Waals surface area (Å²) in [4.78, 5) is 33.8. The highest BCUT2D eigenvalue weighted by molar-refractivity contribution is 5.98. The predicted octanol–water partition coefficient (Wildman–Crippen LogP) is 1.61. The van der Waals surface area contributed by atoms with E-state index in [1.54, 1.807) is 24.3 Å². The van der Waals surface area contributed by atoms with E-state index in [1.807, 2.05) is 5.32 Å². The third-order valence-electron chi connectivity index (χ3n) is 2.76. The van der Waals surface area contributed by atoms with Gasteiger partial charge in [-0.05, 0) is 37.6 Å². The Balaban J connectivity index is 2.55. The van der Waals surface area contributed by atoms with Crippen molar-refractivity contribution in [3.05, 3.63) is 29.8 Å². The van der Waals surface area contributed by atoms with Crippen LogP contribution in [0.1, 0.15) is 37.0 Å². The topological polar surface area (TPSA) is 108 Å². The summed E-state index contributed by atoms with van der Waals surface area (Å²) in [5, 5.41) is 1.84. The molecule has 1 aromatic carbocycles. The van der Waals surface area contributed by atoms with Crippen molar-refractivity contribution in [1.29, 1.82) is 0 Å². The van der Waals surface area contributed by atoms with Gasteiger partial charge in [-0.25, -0.2) is 9.59 Å². The van der Waals surface area contributed by atoms with Gasteiger partial charge >= 0.3 is 12.0 Å². The summed E-state index contributed by atoms with van der Waals surface area (Å²) in [6.07, 6.45) is 0.867.